The minimum Gasteiger partial charge on any atom is -0.336 e. The summed E-state index contributed by atoms with van der Waals surface area (Å²) in [5.41, 5.74) is 10.9. The second kappa shape index (κ2) is 15.7. The van der Waals surface area contributed by atoms with Gasteiger partial charge in [0.05, 0.1) is 0 Å². The van der Waals surface area contributed by atoms with Gasteiger partial charge < -0.3 is 22.1 Å². The predicted octanol–water partition coefficient (Wildman–Crippen LogP) is 1.77. The maximum absolute atomic E-state index is 11.9. The van der Waals surface area contributed by atoms with Gasteiger partial charge in [0.1, 0.15) is 6.17 Å². The summed E-state index contributed by atoms with van der Waals surface area (Å²) in [6, 6.07) is 0. The number of hydrogen-bond donors (Lipinski definition) is 4. The Morgan fingerprint density at radius 2 is 1.30 bits per heavy atom. The summed E-state index contributed by atoms with van der Waals surface area (Å²) in [5.74, 6) is -0.0256. The Balaban J connectivity index is 4.20. The lowest BCUT2D eigenvalue weighted by Crippen LogP contribution is -2.47. The van der Waals surface area contributed by atoms with Crippen LogP contribution in [-0.2, 0) is 9.59 Å². The van der Waals surface area contributed by atoms with Crippen molar-refractivity contribution in [3.63, 3.8) is 0 Å². The van der Waals surface area contributed by atoms with Crippen LogP contribution in [0.4, 0.5) is 0 Å². The molecule has 0 rings (SSSR count). The van der Waals surface area contributed by atoms with Crippen LogP contribution in [0.1, 0.15) is 77.6 Å². The van der Waals surface area contributed by atoms with Gasteiger partial charge in [-0.2, -0.15) is 0 Å². The summed E-state index contributed by atoms with van der Waals surface area (Å²) in [4.78, 5) is 23.9. The van der Waals surface area contributed by atoms with E-state index in [0.717, 1.165) is 44.9 Å². The Bertz CT molecular complexity index is 287. The third kappa shape index (κ3) is 14.2. The third-order valence-corrected chi connectivity index (χ3v) is 3.73. The summed E-state index contributed by atoms with van der Waals surface area (Å²) in [5, 5.41) is 5.88. The number of hydrogen-bond acceptors (Lipinski definition) is 4. The van der Waals surface area contributed by atoms with Gasteiger partial charge in [-0.25, -0.2) is 0 Å². The van der Waals surface area contributed by atoms with Gasteiger partial charge in [-0.1, -0.05) is 26.2 Å². The first-order valence-electron chi connectivity index (χ1n) is 9.12. The average molecular weight is 329 g/mol. The molecule has 136 valence electrons. The molecule has 6 heteroatoms. The first kappa shape index (κ1) is 21.9. The fourth-order valence-electron chi connectivity index (χ4n) is 2.35. The summed E-state index contributed by atoms with van der Waals surface area (Å²) >= 11 is 0. The number of nitrogens with two attached hydrogens (primary N) is 2. The largest absolute Gasteiger partial charge is 0.336 e. The van der Waals surface area contributed by atoms with E-state index in [1.165, 1.54) is 12.8 Å². The first-order chi connectivity index (χ1) is 11.1. The van der Waals surface area contributed by atoms with Gasteiger partial charge in [-0.3, -0.25) is 9.59 Å². The normalized spacial score (nSPS) is 10.8. The van der Waals surface area contributed by atoms with Crippen LogP contribution >= 0.6 is 0 Å². The van der Waals surface area contributed by atoms with Crippen molar-refractivity contribution in [2.24, 2.45) is 11.5 Å². The van der Waals surface area contributed by atoms with E-state index in [4.69, 9.17) is 11.5 Å². The predicted molar refractivity (Wildman–Crippen MR) is 94.6 cm³/mol. The SMILES string of the molecule is CCCCCCC(NC(=O)CCCCN)NC(=O)CCCCN. The van der Waals surface area contributed by atoms with Crippen molar-refractivity contribution in [2.45, 2.75) is 83.7 Å². The standard InChI is InChI=1S/C17H36N4O2/c1-2-3-4-5-10-15(20-16(22)11-6-8-13-18)21-17(23)12-7-9-14-19/h15H,2-14,18-19H2,1H3,(H,20,22)(H,21,23). The summed E-state index contributed by atoms with van der Waals surface area (Å²) < 4.78 is 0. The van der Waals surface area contributed by atoms with Crippen LogP contribution in [0.2, 0.25) is 0 Å². The second-order valence-corrected chi connectivity index (χ2v) is 6.03. The fourth-order valence-corrected chi connectivity index (χ4v) is 2.35. The maximum atomic E-state index is 11.9. The minimum absolute atomic E-state index is 0.0128. The molecule has 0 atom stereocenters. The zero-order valence-electron chi connectivity index (χ0n) is 14.7. The van der Waals surface area contributed by atoms with Crippen LogP contribution in [0.3, 0.4) is 0 Å². The highest BCUT2D eigenvalue weighted by Crippen LogP contribution is 2.06. The lowest BCUT2D eigenvalue weighted by atomic mass is 10.1. The molecule has 0 bridgehead atoms. The molecule has 0 aliphatic rings. The van der Waals surface area contributed by atoms with Crippen molar-refractivity contribution in [1.82, 2.24) is 10.6 Å². The highest BCUT2D eigenvalue weighted by molar-refractivity contribution is 5.79. The summed E-state index contributed by atoms with van der Waals surface area (Å²) in [7, 11) is 0. The van der Waals surface area contributed by atoms with Gasteiger partial charge in [-0.15, -0.1) is 0 Å². The molecule has 0 spiro atoms. The van der Waals surface area contributed by atoms with Gasteiger partial charge in [0.25, 0.3) is 0 Å². The molecule has 2 amide bonds. The van der Waals surface area contributed by atoms with E-state index in [2.05, 4.69) is 17.6 Å². The second-order valence-electron chi connectivity index (χ2n) is 6.03. The monoisotopic (exact) mass is 328 g/mol. The Labute approximate surface area is 141 Å². The zero-order valence-corrected chi connectivity index (χ0v) is 14.7. The minimum atomic E-state index is -0.261. The number of nitrogens with one attached hydrogen (secondary N) is 2. The van der Waals surface area contributed by atoms with E-state index < -0.39 is 0 Å². The molecular formula is C17H36N4O2. The van der Waals surface area contributed by atoms with E-state index in [9.17, 15) is 9.59 Å². The lowest BCUT2D eigenvalue weighted by molar-refractivity contribution is -0.124. The van der Waals surface area contributed by atoms with Crippen molar-refractivity contribution in [1.29, 1.82) is 0 Å². The van der Waals surface area contributed by atoms with Crippen LogP contribution in [0.5, 0.6) is 0 Å². The summed E-state index contributed by atoms with van der Waals surface area (Å²) in [6.45, 7) is 3.37. The van der Waals surface area contributed by atoms with E-state index in [1.807, 2.05) is 0 Å². The van der Waals surface area contributed by atoms with Gasteiger partial charge in [0.2, 0.25) is 11.8 Å². The lowest BCUT2D eigenvalue weighted by Gasteiger charge is -2.20. The molecule has 0 aromatic heterocycles. The van der Waals surface area contributed by atoms with Gasteiger partial charge in [0, 0.05) is 12.8 Å². The topological polar surface area (TPSA) is 110 Å². The number of carbonyl (C=O) groups is 2. The van der Waals surface area contributed by atoms with E-state index in [1.54, 1.807) is 0 Å². The third-order valence-electron chi connectivity index (χ3n) is 3.73. The van der Waals surface area contributed by atoms with Crippen LogP contribution in [0.25, 0.3) is 0 Å². The fraction of sp³-hybridized carbons (Fsp3) is 0.882. The molecular weight excluding hydrogens is 292 g/mol. The molecule has 6 nitrogen and oxygen atoms in total. The van der Waals surface area contributed by atoms with Gasteiger partial charge in [0.15, 0.2) is 0 Å². The van der Waals surface area contributed by atoms with Gasteiger partial charge in [-0.05, 0) is 51.6 Å². The zero-order chi connectivity index (χ0) is 17.3. The highest BCUT2D eigenvalue weighted by atomic mass is 16.2. The maximum Gasteiger partial charge on any atom is 0.221 e. The van der Waals surface area contributed by atoms with E-state index in [-0.39, 0.29) is 18.0 Å². The smallest absolute Gasteiger partial charge is 0.221 e. The average Bonchev–Trinajstić information content (AvgIpc) is 2.52. The number of carbonyl (C=O) groups excluding carboxylic acids is 2. The van der Waals surface area contributed by atoms with Crippen molar-refractivity contribution in [3.05, 3.63) is 0 Å². The number of amides is 2. The molecule has 0 fully saturated rings. The molecule has 0 saturated heterocycles. The Morgan fingerprint density at radius 1 is 0.783 bits per heavy atom. The van der Waals surface area contributed by atoms with Crippen molar-refractivity contribution in [2.75, 3.05) is 13.1 Å². The quantitative estimate of drug-likeness (QED) is 0.271. The van der Waals surface area contributed by atoms with Gasteiger partial charge >= 0.3 is 0 Å². The van der Waals surface area contributed by atoms with Crippen LogP contribution in [0, 0.1) is 0 Å². The van der Waals surface area contributed by atoms with Crippen LogP contribution in [-0.4, -0.2) is 31.1 Å². The van der Waals surface area contributed by atoms with E-state index in [0.29, 0.717) is 25.9 Å². The van der Waals surface area contributed by atoms with Crippen LogP contribution in [0.15, 0.2) is 0 Å². The molecule has 0 heterocycles. The molecule has 0 aliphatic heterocycles. The summed E-state index contributed by atoms with van der Waals surface area (Å²) in [6.07, 6.45) is 9.20. The van der Waals surface area contributed by atoms with Crippen LogP contribution < -0.4 is 22.1 Å². The Morgan fingerprint density at radius 3 is 1.74 bits per heavy atom. The molecule has 6 N–H and O–H groups in total. The van der Waals surface area contributed by atoms with Crippen molar-refractivity contribution >= 4 is 11.8 Å². The Kier molecular flexibility index (Phi) is 15.0. The first-order valence-corrected chi connectivity index (χ1v) is 9.12. The molecule has 0 unspecified atom stereocenters. The number of unbranched alkanes of at least 4 members (excludes halogenated alkanes) is 5. The number of rotatable bonds is 15. The molecule has 0 radical (unpaired) electrons. The van der Waals surface area contributed by atoms with E-state index >= 15 is 0 Å². The molecule has 0 aromatic rings. The molecule has 23 heavy (non-hydrogen) atoms. The van der Waals surface area contributed by atoms with Crippen molar-refractivity contribution < 1.29 is 9.59 Å². The molecule has 0 aliphatic carbocycles. The Hall–Kier alpha value is -1.14. The molecule has 0 saturated carbocycles. The highest BCUT2D eigenvalue weighted by Gasteiger charge is 2.14. The van der Waals surface area contributed by atoms with Crippen molar-refractivity contribution in [3.8, 4) is 0 Å². The molecule has 0 aromatic carbocycles.